The lowest BCUT2D eigenvalue weighted by molar-refractivity contribution is 0.0158. The van der Waals surface area contributed by atoms with Gasteiger partial charge in [0, 0.05) is 31.9 Å². The fourth-order valence-electron chi connectivity index (χ4n) is 2.70. The number of pyridine rings is 1. The van der Waals surface area contributed by atoms with Crippen LogP contribution in [0, 0.1) is 12.3 Å². The summed E-state index contributed by atoms with van der Waals surface area (Å²) < 4.78 is 5.46. The maximum atomic E-state index is 12.3. The molecule has 1 aromatic rings. The van der Waals surface area contributed by atoms with E-state index >= 15 is 0 Å². The molecule has 140 valence electrons. The van der Waals surface area contributed by atoms with Crippen molar-refractivity contribution < 1.29 is 14.3 Å². The molecule has 26 heavy (non-hydrogen) atoms. The number of aromatic nitrogens is 1. The summed E-state index contributed by atoms with van der Waals surface area (Å²) in [4.78, 5) is 32.3. The van der Waals surface area contributed by atoms with Gasteiger partial charge in [0.2, 0.25) is 0 Å². The number of carbonyl (C=O) groups excluding carboxylic acids is 2. The van der Waals surface area contributed by atoms with Crippen LogP contribution in [0.3, 0.4) is 0 Å². The SMILES string of the molecule is C#CCNC(=O)c1ccc(N2CCN(C(=O)OC(C)(C)C)[C@H](C)C2)nc1. The second-order valence-electron chi connectivity index (χ2n) is 7.26. The fraction of sp³-hybridized carbons (Fsp3) is 0.526. The Morgan fingerprint density at radius 2 is 2.12 bits per heavy atom. The van der Waals surface area contributed by atoms with E-state index in [1.807, 2.05) is 27.7 Å². The van der Waals surface area contributed by atoms with Crippen LogP contribution in [-0.2, 0) is 4.74 Å². The molecule has 1 aromatic heterocycles. The Kier molecular flexibility index (Phi) is 6.09. The number of carbonyl (C=O) groups is 2. The second-order valence-corrected chi connectivity index (χ2v) is 7.26. The fourth-order valence-corrected chi connectivity index (χ4v) is 2.70. The van der Waals surface area contributed by atoms with Gasteiger partial charge in [0.25, 0.3) is 5.91 Å². The lowest BCUT2D eigenvalue weighted by atomic mass is 10.2. The van der Waals surface area contributed by atoms with Crippen LogP contribution in [0.15, 0.2) is 18.3 Å². The van der Waals surface area contributed by atoms with Crippen molar-refractivity contribution in [2.45, 2.75) is 39.3 Å². The molecule has 7 heteroatoms. The largest absolute Gasteiger partial charge is 0.444 e. The van der Waals surface area contributed by atoms with E-state index in [0.717, 1.165) is 5.82 Å². The molecular formula is C19H26N4O3. The zero-order valence-electron chi connectivity index (χ0n) is 15.8. The Morgan fingerprint density at radius 1 is 1.38 bits per heavy atom. The number of amides is 2. The van der Waals surface area contributed by atoms with Crippen LogP contribution >= 0.6 is 0 Å². The van der Waals surface area contributed by atoms with Crippen molar-refractivity contribution in [1.82, 2.24) is 15.2 Å². The van der Waals surface area contributed by atoms with E-state index in [1.165, 1.54) is 6.20 Å². The first kappa shape index (κ1) is 19.6. The number of hydrogen-bond donors (Lipinski definition) is 1. The molecule has 1 aliphatic rings. The third-order valence-corrected chi connectivity index (χ3v) is 3.94. The highest BCUT2D eigenvalue weighted by Crippen LogP contribution is 2.19. The molecule has 0 spiro atoms. The van der Waals surface area contributed by atoms with Crippen molar-refractivity contribution in [3.05, 3.63) is 23.9 Å². The Morgan fingerprint density at radius 3 is 2.65 bits per heavy atom. The van der Waals surface area contributed by atoms with E-state index < -0.39 is 5.60 Å². The van der Waals surface area contributed by atoms with Gasteiger partial charge in [-0.05, 0) is 39.8 Å². The summed E-state index contributed by atoms with van der Waals surface area (Å²) in [7, 11) is 0. The number of hydrogen-bond acceptors (Lipinski definition) is 5. The first-order valence-electron chi connectivity index (χ1n) is 8.63. The van der Waals surface area contributed by atoms with Crippen molar-refractivity contribution >= 4 is 17.8 Å². The molecule has 7 nitrogen and oxygen atoms in total. The van der Waals surface area contributed by atoms with Gasteiger partial charge in [-0.1, -0.05) is 5.92 Å². The van der Waals surface area contributed by atoms with Crippen molar-refractivity contribution in [3.63, 3.8) is 0 Å². The minimum atomic E-state index is -0.509. The summed E-state index contributed by atoms with van der Waals surface area (Å²) in [5.74, 6) is 2.89. The van der Waals surface area contributed by atoms with Crippen molar-refractivity contribution in [2.75, 3.05) is 31.1 Å². The second kappa shape index (κ2) is 8.09. The Labute approximate surface area is 154 Å². The van der Waals surface area contributed by atoms with Gasteiger partial charge in [0.15, 0.2) is 0 Å². The summed E-state index contributed by atoms with van der Waals surface area (Å²) >= 11 is 0. The molecule has 0 aliphatic carbocycles. The molecule has 1 aliphatic heterocycles. The van der Waals surface area contributed by atoms with Gasteiger partial charge in [-0.25, -0.2) is 9.78 Å². The number of ether oxygens (including phenoxy) is 1. The number of piperazine rings is 1. The molecule has 0 bridgehead atoms. The molecule has 2 heterocycles. The van der Waals surface area contributed by atoms with E-state index in [2.05, 4.69) is 21.1 Å². The van der Waals surface area contributed by atoms with E-state index in [1.54, 1.807) is 17.0 Å². The average molecular weight is 358 g/mol. The quantitative estimate of drug-likeness (QED) is 0.835. The monoisotopic (exact) mass is 358 g/mol. The third kappa shape index (κ3) is 5.12. The summed E-state index contributed by atoms with van der Waals surface area (Å²) in [5.41, 5.74) is -0.0462. The highest BCUT2D eigenvalue weighted by atomic mass is 16.6. The first-order valence-corrected chi connectivity index (χ1v) is 8.63. The van der Waals surface area contributed by atoms with E-state index in [9.17, 15) is 9.59 Å². The van der Waals surface area contributed by atoms with Crippen LogP contribution in [0.4, 0.5) is 10.6 Å². The van der Waals surface area contributed by atoms with Crippen LogP contribution in [0.1, 0.15) is 38.1 Å². The van der Waals surface area contributed by atoms with Crippen LogP contribution in [0.5, 0.6) is 0 Å². The molecule has 0 radical (unpaired) electrons. The normalized spacial score (nSPS) is 17.4. The van der Waals surface area contributed by atoms with Crippen molar-refractivity contribution in [3.8, 4) is 12.3 Å². The summed E-state index contributed by atoms with van der Waals surface area (Å²) in [6, 6.07) is 3.53. The zero-order chi connectivity index (χ0) is 19.3. The molecule has 1 atom stereocenters. The Hall–Kier alpha value is -2.75. The predicted octanol–water partition coefficient (Wildman–Crippen LogP) is 1.89. The molecule has 2 amide bonds. The van der Waals surface area contributed by atoms with Gasteiger partial charge < -0.3 is 19.9 Å². The van der Waals surface area contributed by atoms with Gasteiger partial charge in [-0.15, -0.1) is 6.42 Å². The summed E-state index contributed by atoms with van der Waals surface area (Å²) in [6.07, 6.45) is 6.37. The maximum absolute atomic E-state index is 12.3. The van der Waals surface area contributed by atoms with E-state index in [-0.39, 0.29) is 24.6 Å². The Bertz CT molecular complexity index is 688. The highest BCUT2D eigenvalue weighted by molar-refractivity contribution is 5.94. The van der Waals surface area contributed by atoms with Gasteiger partial charge in [0.05, 0.1) is 12.1 Å². The lowest BCUT2D eigenvalue weighted by Crippen LogP contribution is -2.55. The van der Waals surface area contributed by atoms with Crippen molar-refractivity contribution in [2.24, 2.45) is 0 Å². The van der Waals surface area contributed by atoms with E-state index in [0.29, 0.717) is 25.2 Å². The molecule has 2 rings (SSSR count). The number of nitrogens with zero attached hydrogens (tertiary/aromatic N) is 3. The molecule has 0 aromatic carbocycles. The van der Waals surface area contributed by atoms with Crippen LogP contribution in [0.25, 0.3) is 0 Å². The third-order valence-electron chi connectivity index (χ3n) is 3.94. The summed E-state index contributed by atoms with van der Waals surface area (Å²) in [6.45, 7) is 9.60. The van der Waals surface area contributed by atoms with Crippen LogP contribution in [-0.4, -0.2) is 59.7 Å². The molecular weight excluding hydrogens is 332 g/mol. The van der Waals surface area contributed by atoms with Crippen molar-refractivity contribution in [1.29, 1.82) is 0 Å². The minimum absolute atomic E-state index is 0.000922. The number of rotatable bonds is 3. The lowest BCUT2D eigenvalue weighted by Gasteiger charge is -2.40. The molecule has 0 saturated carbocycles. The number of anilines is 1. The predicted molar refractivity (Wildman–Crippen MR) is 100 cm³/mol. The number of terminal acetylenes is 1. The van der Waals surface area contributed by atoms with E-state index in [4.69, 9.17) is 11.2 Å². The van der Waals surface area contributed by atoms with Gasteiger partial charge in [0.1, 0.15) is 11.4 Å². The average Bonchev–Trinajstić information content (AvgIpc) is 2.58. The maximum Gasteiger partial charge on any atom is 0.410 e. The molecule has 1 fully saturated rings. The van der Waals surface area contributed by atoms with Gasteiger partial charge in [-0.3, -0.25) is 4.79 Å². The summed E-state index contributed by atoms with van der Waals surface area (Å²) in [5, 5.41) is 2.60. The molecule has 1 N–H and O–H groups in total. The van der Waals surface area contributed by atoms with Crippen LogP contribution in [0.2, 0.25) is 0 Å². The minimum Gasteiger partial charge on any atom is -0.444 e. The van der Waals surface area contributed by atoms with Crippen LogP contribution < -0.4 is 10.2 Å². The number of nitrogens with one attached hydrogen (secondary N) is 1. The topological polar surface area (TPSA) is 74.8 Å². The van der Waals surface area contributed by atoms with Gasteiger partial charge >= 0.3 is 6.09 Å². The van der Waals surface area contributed by atoms with Gasteiger partial charge in [-0.2, -0.15) is 0 Å². The Balaban J connectivity index is 1.97. The first-order chi connectivity index (χ1) is 12.2. The smallest absolute Gasteiger partial charge is 0.410 e. The molecule has 0 unspecified atom stereocenters. The highest BCUT2D eigenvalue weighted by Gasteiger charge is 2.31. The zero-order valence-corrected chi connectivity index (χ0v) is 15.8. The standard InChI is InChI=1S/C19H26N4O3/c1-6-9-20-17(24)15-7-8-16(21-12-15)22-10-11-23(14(2)13-22)18(25)26-19(3,4)5/h1,7-8,12,14H,9-11,13H2,2-5H3,(H,20,24)/t14-/m1/s1. The molecule has 1 saturated heterocycles.